The molecule has 4 amide bonds. The van der Waals surface area contributed by atoms with Crippen molar-refractivity contribution in [3.63, 3.8) is 0 Å². The smallest absolute Gasteiger partial charge is 0.408 e. The molecule has 0 aliphatic heterocycles. The van der Waals surface area contributed by atoms with Crippen molar-refractivity contribution in [3.05, 3.63) is 65.2 Å². The molecule has 5 N–H and O–H groups in total. The molecule has 0 spiro atoms. The van der Waals surface area contributed by atoms with Gasteiger partial charge in [0.1, 0.15) is 35.1 Å². The van der Waals surface area contributed by atoms with E-state index in [0.717, 1.165) is 5.56 Å². The molecule has 0 heterocycles. The molecule has 2 aromatic carbocycles. The standard InChI is InChI=1S/C35H50N4O8/c1-9-10-18-39(31(43)25(21-28(36)41)38-33(45)47-35(6,7)8)29(24-16-17-27(40)22(2)19-24)30(42)37-26(32(44)46-34(3,4)5)20-23-14-12-11-13-15-23/h11-17,19,25-26,29,40H,9-10,18,20-21H2,1-8H3,(H2,36,41)(H,37,42)(H,38,45). The summed E-state index contributed by atoms with van der Waals surface area (Å²) in [7, 11) is 0. The molecule has 0 aliphatic carbocycles. The molecular formula is C35H50N4O8. The van der Waals surface area contributed by atoms with Crippen LogP contribution in [0.25, 0.3) is 0 Å². The van der Waals surface area contributed by atoms with Crippen molar-refractivity contribution in [2.24, 2.45) is 5.73 Å². The van der Waals surface area contributed by atoms with Crippen LogP contribution in [0.1, 0.15) is 90.5 Å². The summed E-state index contributed by atoms with van der Waals surface area (Å²) in [6.45, 7) is 13.7. The number of hydrogen-bond acceptors (Lipinski definition) is 8. The molecule has 0 aromatic heterocycles. The van der Waals surface area contributed by atoms with Crippen LogP contribution >= 0.6 is 0 Å². The summed E-state index contributed by atoms with van der Waals surface area (Å²) in [4.78, 5) is 68.2. The van der Waals surface area contributed by atoms with Gasteiger partial charge in [0.15, 0.2) is 0 Å². The largest absolute Gasteiger partial charge is 0.508 e. The Labute approximate surface area is 277 Å². The lowest BCUT2D eigenvalue weighted by atomic mass is 9.98. The lowest BCUT2D eigenvalue weighted by molar-refractivity contribution is -0.159. The summed E-state index contributed by atoms with van der Waals surface area (Å²) in [5.74, 6) is -3.01. The maximum atomic E-state index is 14.4. The van der Waals surface area contributed by atoms with Crippen molar-refractivity contribution >= 4 is 29.8 Å². The predicted octanol–water partition coefficient (Wildman–Crippen LogP) is 4.21. The zero-order valence-electron chi connectivity index (χ0n) is 28.7. The van der Waals surface area contributed by atoms with Crippen LogP contribution in [0.2, 0.25) is 0 Å². The second kappa shape index (κ2) is 16.8. The highest BCUT2D eigenvalue weighted by Gasteiger charge is 2.39. The molecule has 258 valence electrons. The van der Waals surface area contributed by atoms with Crippen molar-refractivity contribution < 1.29 is 38.6 Å². The molecule has 2 aromatic rings. The van der Waals surface area contributed by atoms with E-state index in [-0.39, 0.29) is 18.7 Å². The summed E-state index contributed by atoms with van der Waals surface area (Å²) in [5.41, 5.74) is 5.28. The fraction of sp³-hybridized carbons (Fsp3) is 0.514. The van der Waals surface area contributed by atoms with Crippen molar-refractivity contribution in [2.45, 2.75) is 110 Å². The van der Waals surface area contributed by atoms with Crippen molar-refractivity contribution in [2.75, 3.05) is 6.54 Å². The van der Waals surface area contributed by atoms with Gasteiger partial charge in [-0.2, -0.15) is 0 Å². The van der Waals surface area contributed by atoms with Crippen LogP contribution in [0.15, 0.2) is 48.5 Å². The van der Waals surface area contributed by atoms with Gasteiger partial charge < -0.3 is 35.8 Å². The number of primary amides is 1. The van der Waals surface area contributed by atoms with Gasteiger partial charge in [0, 0.05) is 13.0 Å². The number of aromatic hydroxyl groups is 1. The van der Waals surface area contributed by atoms with Crippen LogP contribution < -0.4 is 16.4 Å². The van der Waals surface area contributed by atoms with E-state index in [1.807, 2.05) is 37.3 Å². The van der Waals surface area contributed by atoms with Gasteiger partial charge in [0.05, 0.1) is 6.42 Å². The van der Waals surface area contributed by atoms with Gasteiger partial charge in [-0.15, -0.1) is 0 Å². The number of esters is 1. The molecule has 47 heavy (non-hydrogen) atoms. The van der Waals surface area contributed by atoms with E-state index >= 15 is 0 Å². The number of carbonyl (C=O) groups is 5. The third kappa shape index (κ3) is 13.0. The number of phenols is 1. The molecular weight excluding hydrogens is 604 g/mol. The Kier molecular flexibility index (Phi) is 13.8. The number of ether oxygens (including phenoxy) is 2. The number of amides is 4. The van der Waals surface area contributed by atoms with Gasteiger partial charge in [0.25, 0.3) is 0 Å². The molecule has 0 fully saturated rings. The fourth-order valence-electron chi connectivity index (χ4n) is 4.73. The Morgan fingerprint density at radius 3 is 2.04 bits per heavy atom. The summed E-state index contributed by atoms with van der Waals surface area (Å²) in [6.07, 6.45) is -0.292. The molecule has 12 nitrogen and oxygen atoms in total. The number of alkyl carbamates (subject to hydrolysis) is 1. The minimum absolute atomic E-state index is 0.0201. The highest BCUT2D eigenvalue weighted by molar-refractivity contribution is 5.95. The zero-order valence-corrected chi connectivity index (χ0v) is 28.7. The number of nitrogens with one attached hydrogen (secondary N) is 2. The van der Waals surface area contributed by atoms with E-state index in [2.05, 4.69) is 10.6 Å². The van der Waals surface area contributed by atoms with Crippen molar-refractivity contribution in [3.8, 4) is 5.75 Å². The SMILES string of the molecule is CCCCN(C(=O)C(CC(N)=O)NC(=O)OC(C)(C)C)C(C(=O)NC(Cc1ccccc1)C(=O)OC(C)(C)C)c1ccc(O)c(C)c1. The minimum atomic E-state index is -1.46. The highest BCUT2D eigenvalue weighted by Crippen LogP contribution is 2.28. The molecule has 0 saturated carbocycles. The van der Waals surface area contributed by atoms with E-state index in [0.29, 0.717) is 24.0 Å². The van der Waals surface area contributed by atoms with Crippen LogP contribution in [-0.2, 0) is 35.1 Å². The van der Waals surface area contributed by atoms with Crippen molar-refractivity contribution in [1.29, 1.82) is 0 Å². The first-order chi connectivity index (χ1) is 21.8. The number of aryl methyl sites for hydroxylation is 1. The quantitative estimate of drug-likeness (QED) is 0.219. The molecule has 0 radical (unpaired) electrons. The van der Waals surface area contributed by atoms with Gasteiger partial charge >= 0.3 is 12.1 Å². The molecule has 0 aliphatic rings. The van der Waals surface area contributed by atoms with E-state index in [1.54, 1.807) is 54.5 Å². The molecule has 0 saturated heterocycles. The third-order valence-corrected chi connectivity index (χ3v) is 6.82. The summed E-state index contributed by atoms with van der Waals surface area (Å²) < 4.78 is 11.0. The number of phenolic OH excluding ortho intramolecular Hbond substituents is 1. The van der Waals surface area contributed by atoms with E-state index in [9.17, 15) is 29.1 Å². The van der Waals surface area contributed by atoms with Crippen LogP contribution in [0.5, 0.6) is 5.75 Å². The number of unbranched alkanes of at least 4 members (excludes halogenated alkanes) is 1. The second-order valence-corrected chi connectivity index (χ2v) is 13.5. The number of benzene rings is 2. The molecule has 3 unspecified atom stereocenters. The number of nitrogens with zero attached hydrogens (tertiary/aromatic N) is 1. The lowest BCUT2D eigenvalue weighted by Crippen LogP contribution is -2.55. The van der Waals surface area contributed by atoms with Gasteiger partial charge in [-0.1, -0.05) is 49.7 Å². The first-order valence-corrected chi connectivity index (χ1v) is 15.8. The van der Waals surface area contributed by atoms with Crippen molar-refractivity contribution in [1.82, 2.24) is 15.5 Å². The number of carbonyl (C=O) groups excluding carboxylic acids is 5. The van der Waals surface area contributed by atoms with Gasteiger partial charge in [-0.05, 0) is 83.7 Å². The van der Waals surface area contributed by atoms with Gasteiger partial charge in [-0.3, -0.25) is 14.4 Å². The topological polar surface area (TPSA) is 177 Å². The van der Waals surface area contributed by atoms with Gasteiger partial charge in [-0.25, -0.2) is 9.59 Å². The summed E-state index contributed by atoms with van der Waals surface area (Å²) >= 11 is 0. The monoisotopic (exact) mass is 654 g/mol. The maximum Gasteiger partial charge on any atom is 0.408 e. The average Bonchev–Trinajstić information content (AvgIpc) is 2.94. The molecule has 0 bridgehead atoms. The number of nitrogens with two attached hydrogens (primary N) is 1. The summed E-state index contributed by atoms with van der Waals surface area (Å²) in [6, 6.07) is 9.63. The molecule has 12 heteroatoms. The van der Waals surface area contributed by atoms with E-state index < -0.39 is 65.5 Å². The third-order valence-electron chi connectivity index (χ3n) is 6.82. The van der Waals surface area contributed by atoms with Crippen LogP contribution in [0, 0.1) is 6.92 Å². The lowest BCUT2D eigenvalue weighted by Gasteiger charge is -2.35. The molecule has 2 rings (SSSR count). The molecule has 3 atom stereocenters. The highest BCUT2D eigenvalue weighted by atomic mass is 16.6. The first kappa shape index (κ1) is 38.6. The van der Waals surface area contributed by atoms with Crippen LogP contribution in [0.3, 0.4) is 0 Å². The summed E-state index contributed by atoms with van der Waals surface area (Å²) in [5, 5.41) is 15.5. The number of rotatable bonds is 14. The Morgan fingerprint density at radius 1 is 0.894 bits per heavy atom. The normalized spacial score (nSPS) is 13.4. The Hall–Kier alpha value is -4.61. The zero-order chi connectivity index (χ0) is 35.5. The van der Waals surface area contributed by atoms with Gasteiger partial charge in [0.2, 0.25) is 17.7 Å². The Bertz CT molecular complexity index is 1400. The first-order valence-electron chi connectivity index (χ1n) is 15.8. The minimum Gasteiger partial charge on any atom is -0.508 e. The number of hydrogen-bond donors (Lipinski definition) is 4. The Balaban J connectivity index is 2.65. The Morgan fingerprint density at radius 2 is 1.51 bits per heavy atom. The van der Waals surface area contributed by atoms with E-state index in [1.165, 1.54) is 17.0 Å². The average molecular weight is 655 g/mol. The van der Waals surface area contributed by atoms with Crippen LogP contribution in [-0.4, -0.2) is 69.6 Å². The fourth-order valence-corrected chi connectivity index (χ4v) is 4.73. The predicted molar refractivity (Wildman–Crippen MR) is 177 cm³/mol. The van der Waals surface area contributed by atoms with Crippen LogP contribution in [0.4, 0.5) is 4.79 Å². The second-order valence-electron chi connectivity index (χ2n) is 13.5. The van der Waals surface area contributed by atoms with E-state index in [4.69, 9.17) is 15.2 Å². The maximum absolute atomic E-state index is 14.4.